The summed E-state index contributed by atoms with van der Waals surface area (Å²) in [5.74, 6) is 0.663. The fourth-order valence-electron chi connectivity index (χ4n) is 4.34. The molecular weight excluding hydrogens is 424 g/mol. The minimum Gasteiger partial charge on any atom is -0.379 e. The van der Waals surface area contributed by atoms with E-state index in [-0.39, 0.29) is 23.0 Å². The molecule has 1 saturated heterocycles. The van der Waals surface area contributed by atoms with Crippen molar-refractivity contribution >= 4 is 15.8 Å². The summed E-state index contributed by atoms with van der Waals surface area (Å²) < 4.78 is 33.2. The Hall–Kier alpha value is -2.00. The van der Waals surface area contributed by atoms with Crippen LogP contribution in [0.15, 0.2) is 47.5 Å². The SMILES string of the molecule is Cc1cccc(C(CNc2ccc(S(=O)(=O)N(C(C)C)C(C)C)cn2)N2CCOCC2)c1. The Morgan fingerprint density at radius 3 is 2.34 bits per heavy atom. The number of sulfonamides is 1. The predicted molar refractivity (Wildman–Crippen MR) is 128 cm³/mol. The van der Waals surface area contributed by atoms with Gasteiger partial charge < -0.3 is 10.1 Å². The van der Waals surface area contributed by atoms with Gasteiger partial charge in [-0.15, -0.1) is 0 Å². The lowest BCUT2D eigenvalue weighted by atomic mass is 10.0. The van der Waals surface area contributed by atoms with Crippen LogP contribution in [0.4, 0.5) is 5.82 Å². The van der Waals surface area contributed by atoms with Crippen LogP contribution in [-0.2, 0) is 14.8 Å². The number of aryl methyl sites for hydroxylation is 1. The smallest absolute Gasteiger partial charge is 0.245 e. The van der Waals surface area contributed by atoms with Crippen LogP contribution in [0, 0.1) is 6.92 Å². The fraction of sp³-hybridized carbons (Fsp3) is 0.542. The number of morpholine rings is 1. The number of benzene rings is 1. The van der Waals surface area contributed by atoms with Gasteiger partial charge in [0.15, 0.2) is 0 Å². The van der Waals surface area contributed by atoms with Crippen molar-refractivity contribution < 1.29 is 13.2 Å². The Kier molecular flexibility index (Phi) is 8.27. The van der Waals surface area contributed by atoms with Gasteiger partial charge in [0.2, 0.25) is 10.0 Å². The molecule has 1 N–H and O–H groups in total. The molecule has 0 bridgehead atoms. The summed E-state index contributed by atoms with van der Waals surface area (Å²) in [7, 11) is -3.59. The number of pyridine rings is 1. The van der Waals surface area contributed by atoms with Crippen LogP contribution in [0.3, 0.4) is 0 Å². The number of nitrogens with one attached hydrogen (secondary N) is 1. The van der Waals surface area contributed by atoms with E-state index in [2.05, 4.69) is 46.4 Å². The zero-order valence-corrected chi connectivity index (χ0v) is 20.6. The van der Waals surface area contributed by atoms with E-state index in [0.29, 0.717) is 12.4 Å². The highest BCUT2D eigenvalue weighted by atomic mass is 32.2. The maximum absolute atomic E-state index is 13.1. The zero-order valence-electron chi connectivity index (χ0n) is 19.8. The molecule has 1 aliphatic rings. The third-order valence-electron chi connectivity index (χ3n) is 5.72. The number of hydrogen-bond acceptors (Lipinski definition) is 6. The molecule has 7 nitrogen and oxygen atoms in total. The van der Waals surface area contributed by atoms with Gasteiger partial charge in [0.1, 0.15) is 10.7 Å². The Morgan fingerprint density at radius 2 is 1.78 bits per heavy atom. The maximum atomic E-state index is 13.1. The molecule has 1 fully saturated rings. The van der Waals surface area contributed by atoms with Crippen molar-refractivity contribution in [3.05, 3.63) is 53.7 Å². The molecule has 1 atom stereocenters. The van der Waals surface area contributed by atoms with Crippen molar-refractivity contribution in [2.45, 2.75) is 57.6 Å². The van der Waals surface area contributed by atoms with Crippen molar-refractivity contribution in [1.29, 1.82) is 0 Å². The first kappa shape index (κ1) is 24.6. The highest BCUT2D eigenvalue weighted by molar-refractivity contribution is 7.89. The molecule has 0 saturated carbocycles. The summed E-state index contributed by atoms with van der Waals surface area (Å²) >= 11 is 0. The predicted octanol–water partition coefficient (Wildman–Crippen LogP) is 3.68. The summed E-state index contributed by atoms with van der Waals surface area (Å²) in [6.45, 7) is 13.5. The van der Waals surface area contributed by atoms with E-state index in [0.717, 1.165) is 26.3 Å². The standard InChI is InChI=1S/C24H36N4O3S/c1-18(2)28(19(3)4)32(29,30)22-9-10-24(25-16-22)26-17-23(27-11-13-31-14-12-27)21-8-6-7-20(5)15-21/h6-10,15-16,18-19,23H,11-14,17H2,1-5H3,(H,25,26). The number of ether oxygens (including phenoxy) is 1. The van der Waals surface area contributed by atoms with Gasteiger partial charge in [-0.3, -0.25) is 4.90 Å². The van der Waals surface area contributed by atoms with Gasteiger partial charge in [-0.1, -0.05) is 29.8 Å². The average molecular weight is 461 g/mol. The summed E-state index contributed by atoms with van der Waals surface area (Å²) in [5.41, 5.74) is 2.48. The summed E-state index contributed by atoms with van der Waals surface area (Å²) in [6.07, 6.45) is 1.45. The van der Waals surface area contributed by atoms with Crippen molar-refractivity contribution in [2.24, 2.45) is 0 Å². The van der Waals surface area contributed by atoms with E-state index in [9.17, 15) is 8.42 Å². The van der Waals surface area contributed by atoms with Crippen LogP contribution in [0.1, 0.15) is 44.9 Å². The van der Waals surface area contributed by atoms with Gasteiger partial charge in [0, 0.05) is 37.9 Å². The molecule has 0 radical (unpaired) electrons. The molecule has 2 aromatic rings. The molecule has 1 unspecified atom stereocenters. The number of nitrogens with zero attached hydrogens (tertiary/aromatic N) is 3. The topological polar surface area (TPSA) is 74.8 Å². The molecule has 1 aliphatic heterocycles. The second kappa shape index (κ2) is 10.7. The average Bonchev–Trinajstić information content (AvgIpc) is 2.74. The van der Waals surface area contributed by atoms with E-state index in [4.69, 9.17) is 4.74 Å². The first-order valence-corrected chi connectivity index (χ1v) is 12.8. The van der Waals surface area contributed by atoms with E-state index in [1.54, 1.807) is 12.1 Å². The number of rotatable bonds is 9. The van der Waals surface area contributed by atoms with Gasteiger partial charge in [-0.25, -0.2) is 13.4 Å². The molecule has 1 aromatic carbocycles. The van der Waals surface area contributed by atoms with Crippen molar-refractivity contribution in [1.82, 2.24) is 14.2 Å². The number of aromatic nitrogens is 1. The number of hydrogen-bond donors (Lipinski definition) is 1. The minimum absolute atomic E-state index is 0.124. The summed E-state index contributed by atoms with van der Waals surface area (Å²) in [5, 5.41) is 3.41. The Morgan fingerprint density at radius 1 is 1.09 bits per heavy atom. The van der Waals surface area contributed by atoms with Gasteiger partial charge >= 0.3 is 0 Å². The van der Waals surface area contributed by atoms with Crippen LogP contribution >= 0.6 is 0 Å². The molecule has 3 rings (SSSR count). The third kappa shape index (κ3) is 5.86. The van der Waals surface area contributed by atoms with Crippen molar-refractivity contribution in [3.63, 3.8) is 0 Å². The van der Waals surface area contributed by atoms with Gasteiger partial charge in [-0.05, 0) is 52.3 Å². The van der Waals surface area contributed by atoms with Crippen molar-refractivity contribution in [3.8, 4) is 0 Å². The minimum atomic E-state index is -3.59. The molecule has 2 heterocycles. The lowest BCUT2D eigenvalue weighted by Gasteiger charge is -2.35. The quantitative estimate of drug-likeness (QED) is 0.615. The summed E-state index contributed by atoms with van der Waals surface area (Å²) in [4.78, 5) is 7.05. The Balaban J connectivity index is 1.76. The van der Waals surface area contributed by atoms with Crippen LogP contribution in [0.5, 0.6) is 0 Å². The van der Waals surface area contributed by atoms with Crippen LogP contribution in [0.2, 0.25) is 0 Å². The second-order valence-electron chi connectivity index (χ2n) is 8.86. The van der Waals surface area contributed by atoms with Gasteiger partial charge in [0.05, 0.1) is 19.3 Å². The Labute approximate surface area is 192 Å². The lowest BCUT2D eigenvalue weighted by molar-refractivity contribution is 0.0187. The lowest BCUT2D eigenvalue weighted by Crippen LogP contribution is -2.42. The Bertz CT molecular complexity index is 963. The molecule has 0 amide bonds. The molecule has 0 spiro atoms. The molecule has 32 heavy (non-hydrogen) atoms. The van der Waals surface area contributed by atoms with Crippen LogP contribution in [0.25, 0.3) is 0 Å². The molecule has 1 aromatic heterocycles. The molecule has 0 aliphatic carbocycles. The monoisotopic (exact) mass is 460 g/mol. The largest absolute Gasteiger partial charge is 0.379 e. The van der Waals surface area contributed by atoms with Crippen molar-refractivity contribution in [2.75, 3.05) is 38.2 Å². The number of anilines is 1. The van der Waals surface area contributed by atoms with Crippen LogP contribution in [-0.4, -0.2) is 67.5 Å². The van der Waals surface area contributed by atoms with Crippen LogP contribution < -0.4 is 5.32 Å². The van der Waals surface area contributed by atoms with E-state index in [1.807, 2.05) is 27.7 Å². The molecule has 8 heteroatoms. The maximum Gasteiger partial charge on any atom is 0.245 e. The van der Waals surface area contributed by atoms with E-state index < -0.39 is 10.0 Å². The zero-order chi connectivity index (χ0) is 23.3. The first-order valence-electron chi connectivity index (χ1n) is 11.3. The van der Waals surface area contributed by atoms with Gasteiger partial charge in [0.25, 0.3) is 0 Å². The first-order chi connectivity index (χ1) is 15.2. The summed E-state index contributed by atoms with van der Waals surface area (Å²) in [6, 6.07) is 11.9. The van der Waals surface area contributed by atoms with Gasteiger partial charge in [-0.2, -0.15) is 4.31 Å². The normalized spacial score (nSPS) is 16.6. The highest BCUT2D eigenvalue weighted by Gasteiger charge is 2.29. The fourth-order valence-corrected chi connectivity index (χ4v) is 6.12. The van der Waals surface area contributed by atoms with E-state index in [1.165, 1.54) is 21.6 Å². The second-order valence-corrected chi connectivity index (χ2v) is 10.7. The van der Waals surface area contributed by atoms with E-state index >= 15 is 0 Å². The molecular formula is C24H36N4O3S. The third-order valence-corrected chi connectivity index (χ3v) is 7.96. The highest BCUT2D eigenvalue weighted by Crippen LogP contribution is 2.25. The molecule has 176 valence electrons.